The van der Waals surface area contributed by atoms with Crippen LogP contribution in [-0.4, -0.2) is 22.4 Å². The first-order chi connectivity index (χ1) is 8.34. The molecule has 2 heterocycles. The number of hydrogen-bond acceptors (Lipinski definition) is 3. The van der Waals surface area contributed by atoms with E-state index in [9.17, 15) is 4.79 Å². The lowest BCUT2D eigenvalue weighted by Gasteiger charge is -2.21. The molecule has 1 aromatic rings. The number of aryl methyl sites for hydroxylation is 2. The lowest BCUT2D eigenvalue weighted by Crippen LogP contribution is -2.25. The van der Waals surface area contributed by atoms with Gasteiger partial charge >= 0.3 is 5.97 Å². The van der Waals surface area contributed by atoms with E-state index in [-0.39, 0.29) is 11.9 Å². The monoisotopic (exact) mass is 234 g/mol. The number of aromatic nitrogens is 2. The van der Waals surface area contributed by atoms with Crippen LogP contribution in [0.1, 0.15) is 36.9 Å². The summed E-state index contributed by atoms with van der Waals surface area (Å²) in [6, 6.07) is 0. The van der Waals surface area contributed by atoms with Crippen molar-refractivity contribution >= 4 is 5.97 Å². The quantitative estimate of drug-likeness (QED) is 0.642. The summed E-state index contributed by atoms with van der Waals surface area (Å²) in [6.07, 6.45) is 7.87. The number of ether oxygens (including phenoxy) is 1. The van der Waals surface area contributed by atoms with Gasteiger partial charge in [-0.15, -0.1) is 0 Å². The highest BCUT2D eigenvalue weighted by atomic mass is 16.5. The molecule has 0 spiro atoms. The highest BCUT2D eigenvalue weighted by Gasteiger charge is 2.28. The van der Waals surface area contributed by atoms with Crippen molar-refractivity contribution in [2.75, 3.05) is 6.61 Å². The van der Waals surface area contributed by atoms with Gasteiger partial charge in [0.25, 0.3) is 0 Å². The van der Waals surface area contributed by atoms with Crippen LogP contribution in [0, 0.1) is 5.92 Å². The molecule has 0 aromatic carbocycles. The Morgan fingerprint density at radius 3 is 3.24 bits per heavy atom. The normalized spacial score (nSPS) is 24.9. The zero-order valence-electron chi connectivity index (χ0n) is 10.0. The minimum Gasteiger partial charge on any atom is -0.465 e. The summed E-state index contributed by atoms with van der Waals surface area (Å²) >= 11 is 0. The lowest BCUT2D eigenvalue weighted by atomic mass is 9.88. The van der Waals surface area contributed by atoms with Gasteiger partial charge in [0.15, 0.2) is 0 Å². The Morgan fingerprint density at radius 2 is 2.29 bits per heavy atom. The van der Waals surface area contributed by atoms with Gasteiger partial charge in [-0.2, -0.15) is 5.10 Å². The molecule has 0 amide bonds. The van der Waals surface area contributed by atoms with E-state index in [1.54, 1.807) is 0 Å². The molecule has 1 unspecified atom stereocenters. The Labute approximate surface area is 101 Å². The fraction of sp³-hybridized carbons (Fsp3) is 0.692. The zero-order valence-corrected chi connectivity index (χ0v) is 10.0. The van der Waals surface area contributed by atoms with E-state index in [4.69, 9.17) is 4.74 Å². The molecule has 0 radical (unpaired) electrons. The topological polar surface area (TPSA) is 44.1 Å². The molecule has 4 heteroatoms. The highest BCUT2D eigenvalue weighted by molar-refractivity contribution is 5.73. The van der Waals surface area contributed by atoms with Gasteiger partial charge in [0, 0.05) is 18.7 Å². The van der Waals surface area contributed by atoms with Crippen molar-refractivity contribution < 1.29 is 9.53 Å². The third-order valence-electron chi connectivity index (χ3n) is 3.83. The molecule has 3 rings (SSSR count). The molecule has 2 bridgehead atoms. The molecule has 2 aliphatic rings. The van der Waals surface area contributed by atoms with E-state index in [1.807, 2.05) is 6.20 Å². The number of carbonyl (C=O) groups is 1. The van der Waals surface area contributed by atoms with Crippen LogP contribution in [0.15, 0.2) is 6.20 Å². The fourth-order valence-corrected chi connectivity index (χ4v) is 2.78. The SMILES string of the molecule is O=C1OCCCCCn2ncc3c2CC1CC3. The van der Waals surface area contributed by atoms with E-state index in [0.29, 0.717) is 6.61 Å². The van der Waals surface area contributed by atoms with E-state index in [2.05, 4.69) is 9.78 Å². The number of rotatable bonds is 0. The van der Waals surface area contributed by atoms with Gasteiger partial charge in [-0.25, -0.2) is 0 Å². The first-order valence-electron chi connectivity index (χ1n) is 6.55. The van der Waals surface area contributed by atoms with Gasteiger partial charge < -0.3 is 4.74 Å². The number of esters is 1. The van der Waals surface area contributed by atoms with Crippen molar-refractivity contribution in [2.24, 2.45) is 5.92 Å². The van der Waals surface area contributed by atoms with Crippen molar-refractivity contribution in [3.63, 3.8) is 0 Å². The van der Waals surface area contributed by atoms with Crippen LogP contribution in [0.5, 0.6) is 0 Å². The average molecular weight is 234 g/mol. The number of fused-ring (bicyclic) bond motifs is 1. The van der Waals surface area contributed by atoms with Crippen LogP contribution in [0.4, 0.5) is 0 Å². The molecular formula is C13H18N2O2. The van der Waals surface area contributed by atoms with E-state index >= 15 is 0 Å². The van der Waals surface area contributed by atoms with E-state index in [0.717, 1.165) is 45.1 Å². The van der Waals surface area contributed by atoms with Gasteiger partial charge in [0.2, 0.25) is 0 Å². The maximum atomic E-state index is 11.9. The van der Waals surface area contributed by atoms with Crippen molar-refractivity contribution in [2.45, 2.75) is 45.1 Å². The Balaban J connectivity index is 1.89. The zero-order chi connectivity index (χ0) is 11.7. The second-order valence-electron chi connectivity index (χ2n) is 5.01. The Bertz CT molecular complexity index is 425. The molecule has 0 saturated heterocycles. The molecule has 17 heavy (non-hydrogen) atoms. The third-order valence-corrected chi connectivity index (χ3v) is 3.83. The van der Waals surface area contributed by atoms with Gasteiger partial charge in [-0.1, -0.05) is 0 Å². The first-order valence-corrected chi connectivity index (χ1v) is 6.55. The van der Waals surface area contributed by atoms with Crippen LogP contribution in [-0.2, 0) is 28.9 Å². The summed E-state index contributed by atoms with van der Waals surface area (Å²) in [4.78, 5) is 11.9. The predicted molar refractivity (Wildman–Crippen MR) is 62.6 cm³/mol. The van der Waals surface area contributed by atoms with Crippen molar-refractivity contribution in [3.05, 3.63) is 17.5 Å². The summed E-state index contributed by atoms with van der Waals surface area (Å²) in [5, 5.41) is 4.45. The fourth-order valence-electron chi connectivity index (χ4n) is 2.78. The summed E-state index contributed by atoms with van der Waals surface area (Å²) in [6.45, 7) is 1.57. The molecule has 92 valence electrons. The smallest absolute Gasteiger partial charge is 0.309 e. The van der Waals surface area contributed by atoms with Gasteiger partial charge in [0.05, 0.1) is 18.7 Å². The maximum Gasteiger partial charge on any atom is 0.309 e. The first kappa shape index (κ1) is 10.8. The number of hydrogen-bond donors (Lipinski definition) is 0. The number of cyclic esters (lactones) is 1. The lowest BCUT2D eigenvalue weighted by molar-refractivity contribution is -0.149. The van der Waals surface area contributed by atoms with E-state index in [1.165, 1.54) is 11.3 Å². The second-order valence-corrected chi connectivity index (χ2v) is 5.01. The number of nitrogens with zero attached hydrogens (tertiary/aromatic N) is 2. The molecule has 0 saturated carbocycles. The van der Waals surface area contributed by atoms with Gasteiger partial charge in [-0.3, -0.25) is 9.48 Å². The summed E-state index contributed by atoms with van der Waals surface area (Å²) < 4.78 is 7.43. The Morgan fingerprint density at radius 1 is 1.35 bits per heavy atom. The van der Waals surface area contributed by atoms with Gasteiger partial charge in [-0.05, 0) is 37.7 Å². The minimum absolute atomic E-state index is 0.00898. The molecule has 1 atom stereocenters. The van der Waals surface area contributed by atoms with Gasteiger partial charge in [0.1, 0.15) is 0 Å². The molecule has 1 aromatic heterocycles. The van der Waals surface area contributed by atoms with Crippen molar-refractivity contribution in [1.29, 1.82) is 0 Å². The maximum absolute atomic E-state index is 11.9. The van der Waals surface area contributed by atoms with Crippen LogP contribution in [0.2, 0.25) is 0 Å². The minimum atomic E-state index is -0.00898. The number of carbonyl (C=O) groups excluding carboxylic acids is 1. The molecule has 4 nitrogen and oxygen atoms in total. The summed E-state index contributed by atoms with van der Waals surface area (Å²) in [7, 11) is 0. The molecule has 1 aliphatic heterocycles. The molecule has 1 aliphatic carbocycles. The van der Waals surface area contributed by atoms with E-state index < -0.39 is 0 Å². The largest absolute Gasteiger partial charge is 0.465 e. The van der Waals surface area contributed by atoms with Crippen molar-refractivity contribution in [3.8, 4) is 0 Å². The van der Waals surface area contributed by atoms with Crippen LogP contribution >= 0.6 is 0 Å². The predicted octanol–water partition coefficient (Wildman–Crippen LogP) is 1.72. The standard InChI is InChI=1S/C13H18N2O2/c16-13-10-4-5-11-9-14-15(12(11)8-10)6-2-1-3-7-17-13/h9-10H,1-8H2. The second kappa shape index (κ2) is 4.51. The third kappa shape index (κ3) is 2.08. The summed E-state index contributed by atoms with van der Waals surface area (Å²) in [5.74, 6) is 0.0429. The average Bonchev–Trinajstić information content (AvgIpc) is 2.74. The highest BCUT2D eigenvalue weighted by Crippen LogP contribution is 2.27. The van der Waals surface area contributed by atoms with Crippen LogP contribution in [0.25, 0.3) is 0 Å². The Hall–Kier alpha value is -1.32. The molecule has 0 fully saturated rings. The Kier molecular flexibility index (Phi) is 2.87. The molecular weight excluding hydrogens is 216 g/mol. The summed E-state index contributed by atoms with van der Waals surface area (Å²) in [5.41, 5.74) is 2.59. The van der Waals surface area contributed by atoms with Crippen LogP contribution < -0.4 is 0 Å². The van der Waals surface area contributed by atoms with Crippen LogP contribution in [0.3, 0.4) is 0 Å². The van der Waals surface area contributed by atoms with Crippen molar-refractivity contribution in [1.82, 2.24) is 9.78 Å². The molecule has 0 N–H and O–H groups in total.